The van der Waals surface area contributed by atoms with Crippen LogP contribution in [0.2, 0.25) is 0 Å². The monoisotopic (exact) mass is 460 g/mol. The molecule has 1 aliphatic heterocycles. The van der Waals surface area contributed by atoms with E-state index in [0.717, 1.165) is 90.2 Å². The average molecular weight is 461 g/mol. The van der Waals surface area contributed by atoms with Crippen molar-refractivity contribution in [1.29, 1.82) is 0 Å². The third-order valence-corrected chi connectivity index (χ3v) is 6.61. The molecule has 4 aromatic rings. The fraction of sp³-hybridized carbons (Fsp3) is 0.385. The van der Waals surface area contributed by atoms with Crippen LogP contribution in [0.25, 0.3) is 33.4 Å². The number of fused-ring (bicyclic) bond motifs is 1. The maximum absolute atomic E-state index is 13.1. The Morgan fingerprint density at radius 1 is 1.09 bits per heavy atom. The van der Waals surface area contributed by atoms with E-state index >= 15 is 0 Å². The summed E-state index contributed by atoms with van der Waals surface area (Å²) in [5.74, 6) is 1.59. The van der Waals surface area contributed by atoms with E-state index in [1.165, 1.54) is 0 Å². The predicted molar refractivity (Wildman–Crippen MR) is 135 cm³/mol. The van der Waals surface area contributed by atoms with Gasteiger partial charge in [0.15, 0.2) is 16.9 Å². The molecule has 0 aliphatic carbocycles. The number of ether oxygens (including phenoxy) is 1. The first-order valence-electron chi connectivity index (χ1n) is 12.1. The summed E-state index contributed by atoms with van der Waals surface area (Å²) >= 11 is 0. The molecule has 0 radical (unpaired) electrons. The Morgan fingerprint density at radius 3 is 2.62 bits per heavy atom. The molecule has 8 heteroatoms. The number of hydrogen-bond acceptors (Lipinski definition) is 5. The van der Waals surface area contributed by atoms with Crippen LogP contribution in [0.3, 0.4) is 0 Å². The lowest BCUT2D eigenvalue weighted by Gasteiger charge is -2.26. The van der Waals surface area contributed by atoms with Gasteiger partial charge in [0.25, 0.3) is 5.82 Å². The molecule has 0 atom stereocenters. The van der Waals surface area contributed by atoms with Gasteiger partial charge in [0.1, 0.15) is 0 Å². The maximum Gasteiger partial charge on any atom is 0.260 e. The van der Waals surface area contributed by atoms with Crippen molar-refractivity contribution in [3.8, 4) is 22.4 Å². The molecule has 1 fully saturated rings. The summed E-state index contributed by atoms with van der Waals surface area (Å²) in [5, 5.41) is 24.5. The second-order valence-corrected chi connectivity index (χ2v) is 8.58. The number of anilines is 1. The molecule has 0 bridgehead atoms. The fourth-order valence-electron chi connectivity index (χ4n) is 4.87. The lowest BCUT2D eigenvalue weighted by Crippen LogP contribution is -2.39. The first kappa shape index (κ1) is 22.4. The Bertz CT molecular complexity index is 1260. The highest BCUT2D eigenvalue weighted by Crippen LogP contribution is 2.37. The SMILES string of the molecule is CCc1n(CC)c2ccc(-c3c(NCCN4CCOCC4)n[nH]c3-c3ccccc3)cc2[n+]1[O-]. The van der Waals surface area contributed by atoms with Crippen LogP contribution < -0.4 is 10.0 Å². The van der Waals surface area contributed by atoms with Crippen LogP contribution in [0, 0.1) is 5.21 Å². The van der Waals surface area contributed by atoms with Crippen LogP contribution in [0.4, 0.5) is 5.82 Å². The quantitative estimate of drug-likeness (QED) is 0.310. The summed E-state index contributed by atoms with van der Waals surface area (Å²) in [6.07, 6.45) is 0.691. The van der Waals surface area contributed by atoms with Crippen LogP contribution in [0.1, 0.15) is 19.7 Å². The smallest absolute Gasteiger partial charge is 0.260 e. The van der Waals surface area contributed by atoms with Crippen molar-refractivity contribution in [3.63, 3.8) is 0 Å². The molecule has 0 saturated carbocycles. The summed E-state index contributed by atoms with van der Waals surface area (Å²) < 4.78 is 8.63. The van der Waals surface area contributed by atoms with E-state index in [0.29, 0.717) is 11.9 Å². The summed E-state index contributed by atoms with van der Waals surface area (Å²) in [6, 6.07) is 16.3. The van der Waals surface area contributed by atoms with Gasteiger partial charge >= 0.3 is 0 Å². The number of nitrogens with one attached hydrogen (secondary N) is 2. The van der Waals surface area contributed by atoms with Crippen LogP contribution in [0.5, 0.6) is 0 Å². The van der Waals surface area contributed by atoms with Crippen LogP contribution in [-0.2, 0) is 17.7 Å². The van der Waals surface area contributed by atoms with Crippen molar-refractivity contribution < 1.29 is 9.47 Å². The number of aryl methyl sites for hydroxylation is 1. The zero-order chi connectivity index (χ0) is 23.5. The molecule has 2 aromatic carbocycles. The zero-order valence-corrected chi connectivity index (χ0v) is 19.9. The van der Waals surface area contributed by atoms with E-state index in [-0.39, 0.29) is 0 Å². The molecule has 2 N–H and O–H groups in total. The molecular formula is C26H32N6O2. The van der Waals surface area contributed by atoms with Gasteiger partial charge in [0.05, 0.1) is 31.0 Å². The minimum atomic E-state index is 0.690. The van der Waals surface area contributed by atoms with Crippen molar-refractivity contribution in [2.24, 2.45) is 0 Å². The topological polar surface area (TPSA) is 85.1 Å². The normalized spacial score (nSPS) is 14.6. The summed E-state index contributed by atoms with van der Waals surface area (Å²) in [7, 11) is 0. The van der Waals surface area contributed by atoms with Crippen LogP contribution in [0.15, 0.2) is 48.5 Å². The highest BCUT2D eigenvalue weighted by Gasteiger charge is 2.22. The van der Waals surface area contributed by atoms with Gasteiger partial charge in [0, 0.05) is 38.2 Å². The second kappa shape index (κ2) is 9.87. The maximum atomic E-state index is 13.1. The van der Waals surface area contributed by atoms with E-state index in [1.54, 1.807) is 0 Å². The Morgan fingerprint density at radius 2 is 1.88 bits per heavy atom. The molecule has 3 heterocycles. The summed E-state index contributed by atoms with van der Waals surface area (Å²) in [6.45, 7) is 10.1. The Labute approximate surface area is 199 Å². The largest absolute Gasteiger partial charge is 0.710 e. The number of rotatable bonds is 8. The number of nitrogens with zero attached hydrogens (tertiary/aromatic N) is 4. The van der Waals surface area contributed by atoms with Gasteiger partial charge in [-0.25, -0.2) is 9.30 Å². The molecule has 0 spiro atoms. The van der Waals surface area contributed by atoms with Gasteiger partial charge in [-0.3, -0.25) is 10.00 Å². The molecule has 2 aromatic heterocycles. The molecule has 1 aliphatic rings. The van der Waals surface area contributed by atoms with Gasteiger partial charge < -0.3 is 15.3 Å². The third-order valence-electron chi connectivity index (χ3n) is 6.61. The Hall–Kier alpha value is -3.36. The minimum absolute atomic E-state index is 0.690. The number of morpholine rings is 1. The Kier molecular flexibility index (Phi) is 6.51. The summed E-state index contributed by atoms with van der Waals surface area (Å²) in [4.78, 5) is 2.40. The molecule has 34 heavy (non-hydrogen) atoms. The number of imidazole rings is 1. The zero-order valence-electron chi connectivity index (χ0n) is 19.9. The molecular weight excluding hydrogens is 428 g/mol. The standard InChI is InChI=1S/C26H32N6O2/c1-3-23-31(4-2)21-11-10-20(18-22(21)32(23)33)24-25(19-8-6-5-7-9-19)28-29-26(24)27-12-13-30-14-16-34-17-15-30/h5-11,18H,3-4,12-17H2,1-2H3,(H2,27,28,29). The van der Waals surface area contributed by atoms with Gasteiger partial charge in [-0.1, -0.05) is 37.3 Å². The Balaban J connectivity index is 1.53. The van der Waals surface area contributed by atoms with Crippen LogP contribution >= 0.6 is 0 Å². The fourth-order valence-corrected chi connectivity index (χ4v) is 4.87. The highest BCUT2D eigenvalue weighted by atomic mass is 16.5. The number of benzene rings is 2. The first-order chi connectivity index (χ1) is 16.7. The van der Waals surface area contributed by atoms with Crippen molar-refractivity contribution >= 4 is 16.9 Å². The van der Waals surface area contributed by atoms with Gasteiger partial charge in [-0.05, 0) is 30.7 Å². The van der Waals surface area contributed by atoms with Crippen LogP contribution in [-0.4, -0.2) is 59.1 Å². The molecule has 0 unspecified atom stereocenters. The molecule has 178 valence electrons. The first-order valence-corrected chi connectivity index (χ1v) is 12.1. The van der Waals surface area contributed by atoms with Crippen molar-refractivity contribution in [1.82, 2.24) is 19.7 Å². The van der Waals surface area contributed by atoms with E-state index < -0.39 is 0 Å². The van der Waals surface area contributed by atoms with Gasteiger partial charge in [0.2, 0.25) is 0 Å². The van der Waals surface area contributed by atoms with Gasteiger partial charge in [-0.2, -0.15) is 5.10 Å². The van der Waals surface area contributed by atoms with E-state index in [2.05, 4.69) is 56.2 Å². The van der Waals surface area contributed by atoms with Crippen molar-refractivity contribution in [2.45, 2.75) is 26.8 Å². The summed E-state index contributed by atoms with van der Waals surface area (Å²) in [5.41, 5.74) is 5.60. The van der Waals surface area contributed by atoms with E-state index in [9.17, 15) is 5.21 Å². The number of aromatic nitrogens is 4. The number of hydrogen-bond donors (Lipinski definition) is 2. The molecule has 1 saturated heterocycles. The average Bonchev–Trinajstić information content (AvgIpc) is 3.43. The molecule has 5 rings (SSSR count). The van der Waals surface area contributed by atoms with Gasteiger partial charge in [-0.15, -0.1) is 0 Å². The second-order valence-electron chi connectivity index (χ2n) is 8.58. The number of H-pyrrole nitrogens is 1. The highest BCUT2D eigenvalue weighted by molar-refractivity contribution is 5.92. The lowest BCUT2D eigenvalue weighted by molar-refractivity contribution is -0.587. The van der Waals surface area contributed by atoms with E-state index in [1.807, 2.05) is 31.2 Å². The minimum Gasteiger partial charge on any atom is -0.710 e. The molecule has 8 nitrogen and oxygen atoms in total. The van der Waals surface area contributed by atoms with E-state index in [4.69, 9.17) is 4.74 Å². The third kappa shape index (κ3) is 4.15. The lowest BCUT2D eigenvalue weighted by atomic mass is 10.00. The van der Waals surface area contributed by atoms with Crippen molar-refractivity contribution in [2.75, 3.05) is 44.7 Å². The predicted octanol–water partition coefficient (Wildman–Crippen LogP) is 3.66. The molecule has 0 amide bonds. The number of aromatic amines is 1. The van der Waals surface area contributed by atoms with Crippen molar-refractivity contribution in [3.05, 3.63) is 59.6 Å².